The first-order chi connectivity index (χ1) is 9.90. The van der Waals surface area contributed by atoms with Crippen LogP contribution in [-0.2, 0) is 0 Å². The highest BCUT2D eigenvalue weighted by atomic mass is 16.5. The summed E-state index contributed by atoms with van der Waals surface area (Å²) in [5.74, 6) is 0.695. The Labute approximate surface area is 119 Å². The lowest BCUT2D eigenvalue weighted by Crippen LogP contribution is -2.52. The standard InChI is InChI=1S/C16H19N3O/c1-2-4-14(5-3-1)19-11-8-17-16(19)20-15-12-18-9-6-13(15)7-10-18/h1-5,8,11,13,15H,6-7,9-10,12H2. The fraction of sp³-hybridized carbons (Fsp3) is 0.438. The Morgan fingerprint density at radius 1 is 1.10 bits per heavy atom. The predicted octanol–water partition coefficient (Wildman–Crippen LogP) is 2.35. The first-order valence-electron chi connectivity index (χ1n) is 7.38. The highest BCUT2D eigenvalue weighted by molar-refractivity contribution is 5.34. The van der Waals surface area contributed by atoms with Crippen LogP contribution in [-0.4, -0.2) is 40.2 Å². The quantitative estimate of drug-likeness (QED) is 0.857. The molecule has 3 aliphatic rings. The van der Waals surface area contributed by atoms with Crippen molar-refractivity contribution in [2.75, 3.05) is 19.6 Å². The largest absolute Gasteiger partial charge is 0.459 e. The second kappa shape index (κ2) is 4.94. The van der Waals surface area contributed by atoms with Gasteiger partial charge in [0.15, 0.2) is 0 Å². The van der Waals surface area contributed by atoms with Gasteiger partial charge >= 0.3 is 6.01 Å². The van der Waals surface area contributed by atoms with Gasteiger partial charge in [0.1, 0.15) is 6.10 Å². The number of aromatic nitrogens is 2. The molecule has 0 N–H and O–H groups in total. The van der Waals surface area contributed by atoms with Gasteiger partial charge in [-0.05, 0) is 44.0 Å². The minimum Gasteiger partial charge on any atom is -0.459 e. The molecule has 0 radical (unpaired) electrons. The predicted molar refractivity (Wildman–Crippen MR) is 77.1 cm³/mol. The smallest absolute Gasteiger partial charge is 0.301 e. The van der Waals surface area contributed by atoms with E-state index >= 15 is 0 Å². The Morgan fingerprint density at radius 3 is 2.60 bits per heavy atom. The van der Waals surface area contributed by atoms with E-state index in [9.17, 15) is 0 Å². The normalized spacial score (nSPS) is 28.5. The van der Waals surface area contributed by atoms with Crippen LogP contribution >= 0.6 is 0 Å². The highest BCUT2D eigenvalue weighted by Crippen LogP contribution is 2.30. The van der Waals surface area contributed by atoms with E-state index in [1.165, 1.54) is 25.9 Å². The van der Waals surface area contributed by atoms with E-state index in [1.807, 2.05) is 35.2 Å². The van der Waals surface area contributed by atoms with Gasteiger partial charge in [-0.2, -0.15) is 0 Å². The van der Waals surface area contributed by atoms with E-state index in [1.54, 1.807) is 0 Å². The number of benzene rings is 1. The third kappa shape index (κ3) is 2.10. The number of para-hydroxylation sites is 1. The molecule has 1 atom stereocenters. The average molecular weight is 269 g/mol. The van der Waals surface area contributed by atoms with Crippen LogP contribution in [0.2, 0.25) is 0 Å². The third-order valence-electron chi connectivity index (χ3n) is 4.49. The van der Waals surface area contributed by atoms with Crippen LogP contribution in [0.5, 0.6) is 6.01 Å². The fourth-order valence-corrected chi connectivity index (χ4v) is 3.34. The Bertz CT molecular complexity index is 572. The van der Waals surface area contributed by atoms with Crippen LogP contribution in [0.4, 0.5) is 0 Å². The maximum atomic E-state index is 6.22. The van der Waals surface area contributed by atoms with Gasteiger partial charge < -0.3 is 4.74 Å². The molecule has 1 aromatic carbocycles. The van der Waals surface area contributed by atoms with Crippen LogP contribution in [0.15, 0.2) is 42.7 Å². The number of rotatable bonds is 3. The van der Waals surface area contributed by atoms with Gasteiger partial charge in [-0.25, -0.2) is 4.98 Å². The molecule has 0 spiro atoms. The van der Waals surface area contributed by atoms with E-state index in [0.717, 1.165) is 18.2 Å². The summed E-state index contributed by atoms with van der Waals surface area (Å²) in [6, 6.07) is 11.0. The average Bonchev–Trinajstić information content (AvgIpc) is 2.97. The molecule has 2 aromatic rings. The zero-order chi connectivity index (χ0) is 13.4. The first kappa shape index (κ1) is 12.0. The molecular weight excluding hydrogens is 250 g/mol. The van der Waals surface area contributed by atoms with Crippen LogP contribution in [0.1, 0.15) is 12.8 Å². The van der Waals surface area contributed by atoms with Gasteiger partial charge in [0, 0.05) is 18.9 Å². The monoisotopic (exact) mass is 269 g/mol. The molecule has 1 aromatic heterocycles. The lowest BCUT2D eigenvalue weighted by Gasteiger charge is -2.44. The Morgan fingerprint density at radius 2 is 1.90 bits per heavy atom. The molecule has 4 heteroatoms. The molecule has 3 aliphatic heterocycles. The summed E-state index contributed by atoms with van der Waals surface area (Å²) in [5, 5.41) is 0. The fourth-order valence-electron chi connectivity index (χ4n) is 3.34. The zero-order valence-electron chi connectivity index (χ0n) is 11.5. The summed E-state index contributed by atoms with van der Waals surface area (Å²) in [5.41, 5.74) is 1.10. The molecule has 0 saturated carbocycles. The van der Waals surface area contributed by atoms with Crippen molar-refractivity contribution in [2.24, 2.45) is 5.92 Å². The van der Waals surface area contributed by atoms with Crippen molar-refractivity contribution in [3.8, 4) is 11.7 Å². The van der Waals surface area contributed by atoms with Gasteiger partial charge in [0.25, 0.3) is 0 Å². The topological polar surface area (TPSA) is 30.3 Å². The molecule has 0 amide bonds. The van der Waals surface area contributed by atoms with Crippen LogP contribution in [0, 0.1) is 5.92 Å². The minimum atomic E-state index is 0.294. The van der Waals surface area contributed by atoms with Gasteiger partial charge in [-0.1, -0.05) is 18.2 Å². The maximum absolute atomic E-state index is 6.22. The van der Waals surface area contributed by atoms with Gasteiger partial charge in [-0.15, -0.1) is 0 Å². The Kier molecular flexibility index (Phi) is 2.96. The third-order valence-corrected chi connectivity index (χ3v) is 4.49. The summed E-state index contributed by atoms with van der Waals surface area (Å²) in [7, 11) is 0. The molecule has 104 valence electrons. The van der Waals surface area contributed by atoms with E-state index in [-0.39, 0.29) is 0 Å². The zero-order valence-corrected chi connectivity index (χ0v) is 11.5. The first-order valence-corrected chi connectivity index (χ1v) is 7.38. The molecule has 3 fully saturated rings. The van der Waals surface area contributed by atoms with E-state index in [4.69, 9.17) is 4.74 Å². The summed E-state index contributed by atoms with van der Waals surface area (Å²) in [6.07, 6.45) is 6.59. The second-order valence-corrected chi connectivity index (χ2v) is 5.71. The van der Waals surface area contributed by atoms with Gasteiger partial charge in [-0.3, -0.25) is 9.47 Å². The molecule has 0 aliphatic carbocycles. The SMILES string of the molecule is c1ccc(-n2ccnc2OC2CN3CCC2CC3)cc1. The van der Waals surface area contributed by atoms with Crippen molar-refractivity contribution in [1.29, 1.82) is 0 Å². The number of nitrogens with zero attached hydrogens (tertiary/aromatic N) is 3. The van der Waals surface area contributed by atoms with Crippen LogP contribution in [0.25, 0.3) is 5.69 Å². The number of hydrogen-bond donors (Lipinski definition) is 0. The summed E-state index contributed by atoms with van der Waals surface area (Å²) >= 11 is 0. The van der Waals surface area contributed by atoms with Crippen molar-refractivity contribution >= 4 is 0 Å². The molecule has 4 heterocycles. The highest BCUT2D eigenvalue weighted by Gasteiger charge is 2.36. The number of imidazole rings is 1. The summed E-state index contributed by atoms with van der Waals surface area (Å²) < 4.78 is 8.25. The molecule has 5 rings (SSSR count). The van der Waals surface area contributed by atoms with E-state index < -0.39 is 0 Å². The van der Waals surface area contributed by atoms with Crippen molar-refractivity contribution in [3.63, 3.8) is 0 Å². The Hall–Kier alpha value is -1.81. The second-order valence-electron chi connectivity index (χ2n) is 5.71. The molecule has 3 saturated heterocycles. The summed E-state index contributed by atoms with van der Waals surface area (Å²) in [4.78, 5) is 6.89. The molecule has 1 unspecified atom stereocenters. The molecule has 4 nitrogen and oxygen atoms in total. The van der Waals surface area contributed by atoms with Crippen molar-refractivity contribution in [2.45, 2.75) is 18.9 Å². The van der Waals surface area contributed by atoms with Crippen LogP contribution in [0.3, 0.4) is 0 Å². The molecule has 20 heavy (non-hydrogen) atoms. The summed E-state index contributed by atoms with van der Waals surface area (Å²) in [6.45, 7) is 3.52. The minimum absolute atomic E-state index is 0.294. The number of hydrogen-bond acceptors (Lipinski definition) is 3. The lowest BCUT2D eigenvalue weighted by atomic mass is 9.86. The van der Waals surface area contributed by atoms with Crippen LogP contribution < -0.4 is 4.74 Å². The van der Waals surface area contributed by atoms with E-state index in [2.05, 4.69) is 22.0 Å². The van der Waals surface area contributed by atoms with Gasteiger partial charge in [0.2, 0.25) is 0 Å². The number of piperidine rings is 3. The molecule has 2 bridgehead atoms. The van der Waals surface area contributed by atoms with Crippen molar-refractivity contribution in [3.05, 3.63) is 42.7 Å². The van der Waals surface area contributed by atoms with Gasteiger partial charge in [0.05, 0.1) is 5.69 Å². The number of fused-ring (bicyclic) bond motifs is 3. The number of ether oxygens (including phenoxy) is 1. The van der Waals surface area contributed by atoms with E-state index in [0.29, 0.717) is 12.0 Å². The van der Waals surface area contributed by atoms with Crippen molar-refractivity contribution < 1.29 is 4.74 Å². The maximum Gasteiger partial charge on any atom is 0.301 e. The molecular formula is C16H19N3O. The lowest BCUT2D eigenvalue weighted by molar-refractivity contribution is -0.0130. The Balaban J connectivity index is 1.57. The van der Waals surface area contributed by atoms with Crippen molar-refractivity contribution in [1.82, 2.24) is 14.5 Å².